The van der Waals surface area contributed by atoms with Gasteiger partial charge in [-0.3, -0.25) is 10.1 Å². The Bertz CT molecular complexity index is 409. The molecule has 0 fully saturated rings. The van der Waals surface area contributed by atoms with Crippen molar-refractivity contribution in [3.63, 3.8) is 0 Å². The number of benzene rings is 1. The third kappa shape index (κ3) is 4.84. The molecule has 0 radical (unpaired) electrons. The molecule has 19 heavy (non-hydrogen) atoms. The van der Waals surface area contributed by atoms with Gasteiger partial charge in [0.15, 0.2) is 0 Å². The maximum absolute atomic E-state index is 11.9. The highest BCUT2D eigenvalue weighted by Crippen LogP contribution is 2.23. The molecule has 0 saturated carbocycles. The summed E-state index contributed by atoms with van der Waals surface area (Å²) in [5, 5.41) is 4.01. The maximum atomic E-state index is 11.9. The van der Waals surface area contributed by atoms with Gasteiger partial charge in [0.25, 0.3) is 0 Å². The number of hydrogen-bond donors (Lipinski definition) is 1. The summed E-state index contributed by atoms with van der Waals surface area (Å²) in [5.41, 5.74) is 0.995. The van der Waals surface area contributed by atoms with Crippen LogP contribution in [0.1, 0.15) is 45.2 Å². The highest BCUT2D eigenvalue weighted by molar-refractivity contribution is 6.31. The fourth-order valence-electron chi connectivity index (χ4n) is 2.02. The van der Waals surface area contributed by atoms with Crippen molar-refractivity contribution in [2.24, 2.45) is 0 Å². The molecule has 0 aliphatic carbocycles. The van der Waals surface area contributed by atoms with Gasteiger partial charge in [-0.1, -0.05) is 43.1 Å². The molecule has 2 atom stereocenters. The fraction of sp³-hybridized carbons (Fsp3) is 0.533. The number of halogens is 1. The third-order valence-corrected chi connectivity index (χ3v) is 3.32. The van der Waals surface area contributed by atoms with Crippen molar-refractivity contribution < 1.29 is 9.53 Å². The van der Waals surface area contributed by atoms with E-state index in [9.17, 15) is 4.79 Å². The molecule has 1 unspecified atom stereocenters. The van der Waals surface area contributed by atoms with Gasteiger partial charge in [-0.15, -0.1) is 0 Å². The van der Waals surface area contributed by atoms with Gasteiger partial charge in [0, 0.05) is 11.1 Å². The van der Waals surface area contributed by atoms with Crippen LogP contribution in [0.25, 0.3) is 0 Å². The lowest BCUT2D eigenvalue weighted by molar-refractivity contribution is -0.146. The van der Waals surface area contributed by atoms with Crippen molar-refractivity contribution in [1.82, 2.24) is 5.32 Å². The van der Waals surface area contributed by atoms with Crippen LogP contribution in [-0.4, -0.2) is 18.6 Å². The molecule has 0 aliphatic heterocycles. The minimum Gasteiger partial charge on any atom is -0.465 e. The van der Waals surface area contributed by atoms with Crippen molar-refractivity contribution in [3.8, 4) is 0 Å². The second kappa shape index (κ2) is 8.18. The molecule has 106 valence electrons. The Morgan fingerprint density at radius 1 is 1.37 bits per heavy atom. The Labute approximate surface area is 120 Å². The Morgan fingerprint density at radius 3 is 2.63 bits per heavy atom. The molecule has 0 spiro atoms. The number of nitrogens with one attached hydrogen (secondary N) is 1. The fourth-order valence-corrected chi connectivity index (χ4v) is 2.32. The van der Waals surface area contributed by atoms with E-state index in [1.165, 1.54) is 0 Å². The van der Waals surface area contributed by atoms with E-state index in [-0.39, 0.29) is 18.1 Å². The zero-order chi connectivity index (χ0) is 14.3. The topological polar surface area (TPSA) is 38.3 Å². The quantitative estimate of drug-likeness (QED) is 0.775. The zero-order valence-corrected chi connectivity index (χ0v) is 12.5. The number of carbonyl (C=O) groups excluding carboxylic acids is 1. The molecule has 1 aromatic carbocycles. The van der Waals surface area contributed by atoms with Crippen molar-refractivity contribution in [1.29, 1.82) is 0 Å². The Kier molecular flexibility index (Phi) is 6.89. The minimum absolute atomic E-state index is 0.00894. The normalized spacial score (nSPS) is 13.9. The standard InChI is InChI=1S/C15H22ClNO2/c1-4-8-14(15(18)19-5-2)17-11(3)12-9-6-7-10-13(12)16/h6-7,9-11,14,17H,4-5,8H2,1-3H3/t11-,14?/m0/s1. The van der Waals surface area contributed by atoms with Crippen LogP contribution < -0.4 is 5.32 Å². The summed E-state index contributed by atoms with van der Waals surface area (Å²) in [4.78, 5) is 11.9. The summed E-state index contributed by atoms with van der Waals surface area (Å²) in [6.07, 6.45) is 1.68. The molecule has 0 saturated heterocycles. The molecule has 3 nitrogen and oxygen atoms in total. The number of esters is 1. The lowest BCUT2D eigenvalue weighted by atomic mass is 10.1. The monoisotopic (exact) mass is 283 g/mol. The molecule has 1 aromatic rings. The minimum atomic E-state index is -0.281. The zero-order valence-electron chi connectivity index (χ0n) is 11.8. The average Bonchev–Trinajstić information content (AvgIpc) is 2.39. The number of carbonyl (C=O) groups is 1. The van der Waals surface area contributed by atoms with Gasteiger partial charge in [-0.05, 0) is 31.9 Å². The molecule has 0 bridgehead atoms. The largest absolute Gasteiger partial charge is 0.465 e. The Morgan fingerprint density at radius 2 is 2.05 bits per heavy atom. The first-order valence-corrected chi connectivity index (χ1v) is 7.15. The molecular weight excluding hydrogens is 262 g/mol. The maximum Gasteiger partial charge on any atom is 0.323 e. The van der Waals surface area contributed by atoms with E-state index < -0.39 is 0 Å². The van der Waals surface area contributed by atoms with Crippen molar-refractivity contribution in [2.75, 3.05) is 6.61 Å². The Balaban J connectivity index is 2.73. The molecule has 0 amide bonds. The van der Waals surface area contributed by atoms with Gasteiger partial charge in [-0.25, -0.2) is 0 Å². The van der Waals surface area contributed by atoms with E-state index in [0.717, 1.165) is 18.4 Å². The van der Waals surface area contributed by atoms with Crippen LogP contribution in [0.4, 0.5) is 0 Å². The van der Waals surface area contributed by atoms with Gasteiger partial charge < -0.3 is 4.74 Å². The second-order valence-corrected chi connectivity index (χ2v) is 4.91. The number of rotatable bonds is 7. The highest BCUT2D eigenvalue weighted by Gasteiger charge is 2.21. The van der Waals surface area contributed by atoms with E-state index in [4.69, 9.17) is 16.3 Å². The van der Waals surface area contributed by atoms with Gasteiger partial charge in [0.05, 0.1) is 6.61 Å². The second-order valence-electron chi connectivity index (χ2n) is 4.50. The van der Waals surface area contributed by atoms with Gasteiger partial charge in [0.1, 0.15) is 6.04 Å². The highest BCUT2D eigenvalue weighted by atomic mass is 35.5. The van der Waals surface area contributed by atoms with Crippen LogP contribution >= 0.6 is 11.6 Å². The van der Waals surface area contributed by atoms with E-state index >= 15 is 0 Å². The average molecular weight is 284 g/mol. The van der Waals surface area contributed by atoms with Crippen LogP contribution in [0.5, 0.6) is 0 Å². The van der Waals surface area contributed by atoms with E-state index in [1.807, 2.05) is 45.0 Å². The summed E-state index contributed by atoms with van der Waals surface area (Å²) in [5.74, 6) is -0.191. The van der Waals surface area contributed by atoms with E-state index in [0.29, 0.717) is 11.6 Å². The lowest BCUT2D eigenvalue weighted by Crippen LogP contribution is -2.39. The summed E-state index contributed by atoms with van der Waals surface area (Å²) in [6, 6.07) is 7.39. The number of hydrogen-bond acceptors (Lipinski definition) is 3. The van der Waals surface area contributed by atoms with Crippen LogP contribution in [0, 0.1) is 0 Å². The van der Waals surface area contributed by atoms with Crippen LogP contribution in [0.2, 0.25) is 5.02 Å². The molecule has 1 rings (SSSR count). The third-order valence-electron chi connectivity index (χ3n) is 2.97. The first-order chi connectivity index (χ1) is 9.10. The van der Waals surface area contributed by atoms with Crippen LogP contribution in [0.3, 0.4) is 0 Å². The molecular formula is C15H22ClNO2. The van der Waals surface area contributed by atoms with Crippen LogP contribution in [-0.2, 0) is 9.53 Å². The van der Waals surface area contributed by atoms with E-state index in [1.54, 1.807) is 0 Å². The molecule has 1 N–H and O–H groups in total. The smallest absolute Gasteiger partial charge is 0.323 e. The summed E-state index contributed by atoms with van der Waals surface area (Å²) in [6.45, 7) is 6.27. The van der Waals surface area contributed by atoms with E-state index in [2.05, 4.69) is 5.32 Å². The lowest BCUT2D eigenvalue weighted by Gasteiger charge is -2.22. The summed E-state index contributed by atoms with van der Waals surface area (Å²) < 4.78 is 5.09. The molecule has 4 heteroatoms. The predicted molar refractivity (Wildman–Crippen MR) is 78.3 cm³/mol. The molecule has 0 heterocycles. The Hall–Kier alpha value is -1.06. The number of ether oxygens (including phenoxy) is 1. The summed E-state index contributed by atoms with van der Waals surface area (Å²) in [7, 11) is 0. The van der Waals surface area contributed by atoms with Gasteiger partial charge >= 0.3 is 5.97 Å². The summed E-state index contributed by atoms with van der Waals surface area (Å²) >= 11 is 6.16. The van der Waals surface area contributed by atoms with Crippen molar-refractivity contribution in [3.05, 3.63) is 34.9 Å². The SMILES string of the molecule is CCCC(N[C@@H](C)c1ccccc1Cl)C(=O)OCC. The van der Waals surface area contributed by atoms with Gasteiger partial charge in [-0.2, -0.15) is 0 Å². The molecule has 0 aromatic heterocycles. The van der Waals surface area contributed by atoms with Gasteiger partial charge in [0.2, 0.25) is 0 Å². The van der Waals surface area contributed by atoms with Crippen LogP contribution in [0.15, 0.2) is 24.3 Å². The molecule has 0 aliphatic rings. The first-order valence-electron chi connectivity index (χ1n) is 6.77. The first kappa shape index (κ1) is 16.0. The van der Waals surface area contributed by atoms with Crippen molar-refractivity contribution in [2.45, 2.75) is 45.7 Å². The predicted octanol–water partition coefficient (Wildman–Crippen LogP) is 3.72. The van der Waals surface area contributed by atoms with Crippen molar-refractivity contribution >= 4 is 17.6 Å².